The summed E-state index contributed by atoms with van der Waals surface area (Å²) >= 11 is 0. The smallest absolute Gasteiger partial charge is 0.283 e. The fourth-order valence-electron chi connectivity index (χ4n) is 0.525. The first kappa shape index (κ1) is 6.53. The van der Waals surface area contributed by atoms with E-state index in [4.69, 9.17) is 5.73 Å². The standard InChI is InChI=1S/C4H6N4O2/c5-4-6-1-3(2-7-4)8(9)10/h1H,2H2,(H3,5,6,7). The Bertz CT molecular complexity index is 219. The van der Waals surface area contributed by atoms with Crippen molar-refractivity contribution in [3.8, 4) is 0 Å². The first-order chi connectivity index (χ1) is 4.70. The Kier molecular flexibility index (Phi) is 1.53. The van der Waals surface area contributed by atoms with Crippen LogP contribution in [0.1, 0.15) is 0 Å². The fraction of sp³-hybridized carbons (Fsp3) is 0.250. The molecule has 54 valence electrons. The molecule has 10 heavy (non-hydrogen) atoms. The zero-order valence-electron chi connectivity index (χ0n) is 5.07. The molecule has 0 amide bonds. The summed E-state index contributed by atoms with van der Waals surface area (Å²) in [4.78, 5) is 13.2. The van der Waals surface area contributed by atoms with Gasteiger partial charge in [-0.05, 0) is 0 Å². The molecular formula is C4H6N4O2. The molecule has 0 aromatic carbocycles. The third kappa shape index (κ3) is 1.22. The van der Waals surface area contributed by atoms with Crippen LogP contribution >= 0.6 is 0 Å². The molecule has 1 heterocycles. The normalized spacial score (nSPS) is 16.8. The third-order valence-electron chi connectivity index (χ3n) is 1.03. The fourth-order valence-corrected chi connectivity index (χ4v) is 0.525. The van der Waals surface area contributed by atoms with Crippen molar-refractivity contribution in [2.75, 3.05) is 6.54 Å². The largest absolute Gasteiger partial charge is 0.370 e. The van der Waals surface area contributed by atoms with Crippen LogP contribution < -0.4 is 11.1 Å². The summed E-state index contributed by atoms with van der Waals surface area (Å²) in [5.41, 5.74) is 5.19. The van der Waals surface area contributed by atoms with Crippen molar-refractivity contribution < 1.29 is 4.92 Å². The molecule has 0 aromatic heterocycles. The van der Waals surface area contributed by atoms with Crippen LogP contribution in [-0.2, 0) is 0 Å². The van der Waals surface area contributed by atoms with Crippen LogP contribution in [0.25, 0.3) is 0 Å². The first-order valence-electron chi connectivity index (χ1n) is 2.60. The second kappa shape index (κ2) is 2.34. The highest BCUT2D eigenvalue weighted by atomic mass is 16.6. The molecule has 0 spiro atoms. The lowest BCUT2D eigenvalue weighted by atomic mass is 10.4. The van der Waals surface area contributed by atoms with E-state index in [1.807, 2.05) is 0 Å². The van der Waals surface area contributed by atoms with Crippen molar-refractivity contribution in [2.45, 2.75) is 0 Å². The molecular weight excluding hydrogens is 136 g/mol. The molecule has 0 saturated heterocycles. The van der Waals surface area contributed by atoms with E-state index >= 15 is 0 Å². The van der Waals surface area contributed by atoms with Gasteiger partial charge in [0.2, 0.25) is 0 Å². The molecule has 1 aliphatic heterocycles. The third-order valence-corrected chi connectivity index (χ3v) is 1.03. The van der Waals surface area contributed by atoms with Gasteiger partial charge in [0.15, 0.2) is 5.96 Å². The van der Waals surface area contributed by atoms with Gasteiger partial charge in [-0.1, -0.05) is 0 Å². The summed E-state index contributed by atoms with van der Waals surface area (Å²) < 4.78 is 0. The molecule has 1 rings (SSSR count). The van der Waals surface area contributed by atoms with E-state index in [0.29, 0.717) is 0 Å². The van der Waals surface area contributed by atoms with Gasteiger partial charge < -0.3 is 11.1 Å². The minimum absolute atomic E-state index is 0.0224. The minimum atomic E-state index is -0.497. The molecule has 0 saturated carbocycles. The second-order valence-corrected chi connectivity index (χ2v) is 1.74. The summed E-state index contributed by atoms with van der Waals surface area (Å²) in [6, 6.07) is 0. The Morgan fingerprint density at radius 1 is 1.90 bits per heavy atom. The van der Waals surface area contributed by atoms with Gasteiger partial charge in [0, 0.05) is 0 Å². The highest BCUT2D eigenvalue weighted by Gasteiger charge is 2.12. The Morgan fingerprint density at radius 2 is 2.60 bits per heavy atom. The molecule has 6 nitrogen and oxygen atoms in total. The van der Waals surface area contributed by atoms with E-state index in [1.54, 1.807) is 0 Å². The summed E-state index contributed by atoms with van der Waals surface area (Å²) in [7, 11) is 0. The van der Waals surface area contributed by atoms with Gasteiger partial charge >= 0.3 is 0 Å². The maximum Gasteiger partial charge on any atom is 0.283 e. The predicted molar refractivity (Wildman–Crippen MR) is 34.7 cm³/mol. The maximum absolute atomic E-state index is 10.0. The highest BCUT2D eigenvalue weighted by molar-refractivity contribution is 5.79. The van der Waals surface area contributed by atoms with Crippen LogP contribution in [0.5, 0.6) is 0 Å². The zero-order valence-corrected chi connectivity index (χ0v) is 5.07. The van der Waals surface area contributed by atoms with Gasteiger partial charge in [0.1, 0.15) is 6.54 Å². The summed E-state index contributed by atoms with van der Waals surface area (Å²) in [5.74, 6) is 0.214. The van der Waals surface area contributed by atoms with E-state index in [9.17, 15) is 10.1 Å². The number of hydrogen-bond acceptors (Lipinski definition) is 5. The predicted octanol–water partition coefficient (Wildman–Crippen LogP) is -0.978. The number of nitrogens with one attached hydrogen (secondary N) is 1. The summed E-state index contributed by atoms with van der Waals surface area (Å²) in [5, 5.41) is 12.5. The SMILES string of the molecule is NC1=NCC([N+](=O)[O-])=CN1. The van der Waals surface area contributed by atoms with Crippen molar-refractivity contribution in [2.24, 2.45) is 10.7 Å². The molecule has 0 atom stereocenters. The molecule has 6 heteroatoms. The number of rotatable bonds is 1. The zero-order chi connectivity index (χ0) is 7.56. The summed E-state index contributed by atoms with van der Waals surface area (Å²) in [6.07, 6.45) is 1.24. The van der Waals surface area contributed by atoms with Gasteiger partial charge in [0.25, 0.3) is 5.70 Å². The molecule has 1 aliphatic rings. The average molecular weight is 142 g/mol. The topological polar surface area (TPSA) is 93.5 Å². The molecule has 0 radical (unpaired) electrons. The van der Waals surface area contributed by atoms with Crippen LogP contribution in [0.15, 0.2) is 16.9 Å². The molecule has 0 unspecified atom stereocenters. The van der Waals surface area contributed by atoms with Gasteiger partial charge in [-0.25, -0.2) is 4.99 Å². The van der Waals surface area contributed by atoms with Crippen molar-refractivity contribution in [3.63, 3.8) is 0 Å². The number of aliphatic imine (C=N–C) groups is 1. The van der Waals surface area contributed by atoms with Gasteiger partial charge in [0.05, 0.1) is 11.1 Å². The van der Waals surface area contributed by atoms with E-state index in [1.165, 1.54) is 6.20 Å². The molecule has 0 aromatic rings. The highest BCUT2D eigenvalue weighted by Crippen LogP contribution is 1.97. The van der Waals surface area contributed by atoms with Crippen molar-refractivity contribution in [1.29, 1.82) is 0 Å². The van der Waals surface area contributed by atoms with Crippen molar-refractivity contribution in [3.05, 3.63) is 22.0 Å². The molecule has 3 N–H and O–H groups in total. The molecule has 0 aliphatic carbocycles. The Labute approximate surface area is 56.6 Å². The number of nitrogens with two attached hydrogens (primary N) is 1. The van der Waals surface area contributed by atoms with Crippen LogP contribution in [0.3, 0.4) is 0 Å². The van der Waals surface area contributed by atoms with Gasteiger partial charge in [-0.15, -0.1) is 0 Å². The van der Waals surface area contributed by atoms with Crippen LogP contribution in [0.2, 0.25) is 0 Å². The van der Waals surface area contributed by atoms with E-state index in [2.05, 4.69) is 10.3 Å². The first-order valence-corrected chi connectivity index (χ1v) is 2.60. The van der Waals surface area contributed by atoms with Gasteiger partial charge in [-0.3, -0.25) is 10.1 Å². The Morgan fingerprint density at radius 3 is 3.00 bits per heavy atom. The number of guanidine groups is 1. The van der Waals surface area contributed by atoms with Crippen molar-refractivity contribution in [1.82, 2.24) is 5.32 Å². The maximum atomic E-state index is 10.0. The minimum Gasteiger partial charge on any atom is -0.370 e. The lowest BCUT2D eigenvalue weighted by Gasteiger charge is -2.04. The number of nitro groups is 1. The average Bonchev–Trinajstić information content (AvgIpc) is 1.88. The number of hydrogen-bond donors (Lipinski definition) is 2. The quantitative estimate of drug-likeness (QED) is 0.363. The molecule has 0 fully saturated rings. The number of nitrogens with zero attached hydrogens (tertiary/aromatic N) is 2. The van der Waals surface area contributed by atoms with Crippen LogP contribution in [0, 0.1) is 10.1 Å². The molecule has 0 bridgehead atoms. The van der Waals surface area contributed by atoms with E-state index < -0.39 is 4.92 Å². The van der Waals surface area contributed by atoms with Crippen LogP contribution in [-0.4, -0.2) is 17.4 Å². The Hall–Kier alpha value is -1.59. The lowest BCUT2D eigenvalue weighted by molar-refractivity contribution is -0.425. The van der Waals surface area contributed by atoms with Crippen molar-refractivity contribution >= 4 is 5.96 Å². The Balaban J connectivity index is 2.62. The van der Waals surface area contributed by atoms with E-state index in [-0.39, 0.29) is 18.2 Å². The lowest BCUT2D eigenvalue weighted by Crippen LogP contribution is -2.31. The van der Waals surface area contributed by atoms with Gasteiger partial charge in [-0.2, -0.15) is 0 Å². The van der Waals surface area contributed by atoms with E-state index in [0.717, 1.165) is 0 Å². The monoisotopic (exact) mass is 142 g/mol. The second-order valence-electron chi connectivity index (χ2n) is 1.74. The van der Waals surface area contributed by atoms with Crippen LogP contribution in [0.4, 0.5) is 0 Å². The summed E-state index contributed by atoms with van der Waals surface area (Å²) in [6.45, 7) is 0.0475.